The molecule has 6 heteroatoms. The van der Waals surface area contributed by atoms with Gasteiger partial charge in [0.2, 0.25) is 11.8 Å². The summed E-state index contributed by atoms with van der Waals surface area (Å²) in [4.78, 5) is 12.5. The maximum Gasteiger partial charge on any atom is 0.277 e. The summed E-state index contributed by atoms with van der Waals surface area (Å²) in [5.41, 5.74) is 3.00. The molecule has 2 aromatic rings. The average Bonchev–Trinajstić information content (AvgIpc) is 3.07. The molecule has 0 spiro atoms. The second kappa shape index (κ2) is 8.04. The number of nitrogens with one attached hydrogen (secondary N) is 1. The number of aryl methyl sites for hydroxylation is 2. The van der Waals surface area contributed by atoms with Crippen LogP contribution in [0.3, 0.4) is 0 Å². The molecule has 0 aliphatic heterocycles. The first-order chi connectivity index (χ1) is 12.0. The third kappa shape index (κ3) is 4.42. The van der Waals surface area contributed by atoms with E-state index in [4.69, 9.17) is 4.42 Å². The maximum atomic E-state index is 12.5. The Bertz CT molecular complexity index is 718. The lowest BCUT2D eigenvalue weighted by Crippen LogP contribution is -2.23. The molecular formula is C19H25N3O2S. The van der Waals surface area contributed by atoms with Crippen molar-refractivity contribution in [3.8, 4) is 0 Å². The Morgan fingerprint density at radius 2 is 1.88 bits per heavy atom. The number of nitrogens with zero attached hydrogens (tertiary/aromatic N) is 2. The summed E-state index contributed by atoms with van der Waals surface area (Å²) < 4.78 is 5.80. The van der Waals surface area contributed by atoms with E-state index in [9.17, 15) is 4.79 Å². The Hall–Kier alpha value is -1.82. The van der Waals surface area contributed by atoms with Gasteiger partial charge < -0.3 is 9.73 Å². The molecule has 1 saturated carbocycles. The number of amides is 1. The van der Waals surface area contributed by atoms with Crippen molar-refractivity contribution in [3.05, 3.63) is 35.2 Å². The predicted molar refractivity (Wildman–Crippen MR) is 100.0 cm³/mol. The summed E-state index contributed by atoms with van der Waals surface area (Å²) in [5, 5.41) is 11.5. The van der Waals surface area contributed by atoms with Gasteiger partial charge in [-0.3, -0.25) is 4.79 Å². The highest BCUT2D eigenvalue weighted by atomic mass is 32.2. The molecule has 5 nitrogen and oxygen atoms in total. The van der Waals surface area contributed by atoms with Crippen LogP contribution in [0.25, 0.3) is 0 Å². The second-order valence-electron chi connectivity index (χ2n) is 6.76. The molecule has 134 valence electrons. The standard InChI is InChI=1S/C19H25N3O2S/c1-12-8-7-9-13(2)16(12)20-17(23)14(3)25-19-22-21-18(24-19)15-10-5-4-6-11-15/h7-9,14-15H,4-6,10-11H2,1-3H3,(H,20,23). The zero-order chi connectivity index (χ0) is 17.8. The van der Waals surface area contributed by atoms with Gasteiger partial charge in [0.05, 0.1) is 5.25 Å². The summed E-state index contributed by atoms with van der Waals surface area (Å²) in [6, 6.07) is 5.98. The van der Waals surface area contributed by atoms with Crippen molar-refractivity contribution < 1.29 is 9.21 Å². The lowest BCUT2D eigenvalue weighted by molar-refractivity contribution is -0.115. The van der Waals surface area contributed by atoms with Gasteiger partial charge in [-0.05, 0) is 44.7 Å². The Morgan fingerprint density at radius 1 is 1.20 bits per heavy atom. The van der Waals surface area contributed by atoms with Crippen LogP contribution in [0.15, 0.2) is 27.8 Å². The minimum absolute atomic E-state index is 0.0557. The van der Waals surface area contributed by atoms with Crippen LogP contribution in [-0.2, 0) is 4.79 Å². The zero-order valence-corrected chi connectivity index (χ0v) is 15.9. The smallest absolute Gasteiger partial charge is 0.277 e. The molecule has 0 saturated heterocycles. The van der Waals surface area contributed by atoms with Crippen LogP contribution in [0.5, 0.6) is 0 Å². The topological polar surface area (TPSA) is 68.0 Å². The number of thioether (sulfide) groups is 1. The lowest BCUT2D eigenvalue weighted by atomic mass is 9.89. The van der Waals surface area contributed by atoms with Gasteiger partial charge in [-0.15, -0.1) is 10.2 Å². The monoisotopic (exact) mass is 359 g/mol. The molecule has 1 aliphatic carbocycles. The van der Waals surface area contributed by atoms with Crippen molar-refractivity contribution in [1.29, 1.82) is 0 Å². The van der Waals surface area contributed by atoms with Gasteiger partial charge in [-0.2, -0.15) is 0 Å². The number of carbonyl (C=O) groups is 1. The van der Waals surface area contributed by atoms with Crippen LogP contribution in [0.2, 0.25) is 0 Å². The van der Waals surface area contributed by atoms with Crippen molar-refractivity contribution in [1.82, 2.24) is 10.2 Å². The summed E-state index contributed by atoms with van der Waals surface area (Å²) in [5.74, 6) is 1.05. The Kier molecular flexibility index (Phi) is 5.78. The molecule has 1 amide bonds. The van der Waals surface area contributed by atoms with E-state index in [1.807, 2.05) is 39.0 Å². The molecule has 1 atom stereocenters. The SMILES string of the molecule is Cc1cccc(C)c1NC(=O)C(C)Sc1nnc(C2CCCCC2)o1. The fourth-order valence-electron chi connectivity index (χ4n) is 3.22. The van der Waals surface area contributed by atoms with Crippen molar-refractivity contribution in [2.75, 3.05) is 5.32 Å². The van der Waals surface area contributed by atoms with Gasteiger partial charge in [0.25, 0.3) is 5.22 Å². The molecule has 0 radical (unpaired) electrons. The highest BCUT2D eigenvalue weighted by Crippen LogP contribution is 2.33. The van der Waals surface area contributed by atoms with Gasteiger partial charge in [0.15, 0.2) is 0 Å². The van der Waals surface area contributed by atoms with E-state index < -0.39 is 0 Å². The third-order valence-electron chi connectivity index (χ3n) is 4.75. The fourth-order valence-corrected chi connectivity index (χ4v) is 3.91. The molecule has 1 aliphatic rings. The van der Waals surface area contributed by atoms with E-state index in [0.29, 0.717) is 11.1 Å². The number of aromatic nitrogens is 2. The molecule has 1 heterocycles. The van der Waals surface area contributed by atoms with E-state index in [1.54, 1.807) is 0 Å². The number of rotatable bonds is 5. The van der Waals surface area contributed by atoms with Crippen molar-refractivity contribution in [3.63, 3.8) is 0 Å². The number of hydrogen-bond acceptors (Lipinski definition) is 5. The molecule has 25 heavy (non-hydrogen) atoms. The van der Waals surface area contributed by atoms with Crippen molar-refractivity contribution in [2.24, 2.45) is 0 Å². The zero-order valence-electron chi connectivity index (χ0n) is 15.0. The normalized spacial score (nSPS) is 16.6. The van der Waals surface area contributed by atoms with Crippen molar-refractivity contribution in [2.45, 2.75) is 69.3 Å². The minimum atomic E-state index is -0.307. The Labute approximate surface area is 153 Å². The average molecular weight is 359 g/mol. The molecule has 1 N–H and O–H groups in total. The third-order valence-corrected chi connectivity index (χ3v) is 5.69. The minimum Gasteiger partial charge on any atom is -0.416 e. The first-order valence-electron chi connectivity index (χ1n) is 8.91. The van der Waals surface area contributed by atoms with Gasteiger partial charge in [0, 0.05) is 11.6 Å². The predicted octanol–water partition coefficient (Wildman–Crippen LogP) is 4.85. The fraction of sp³-hybridized carbons (Fsp3) is 0.526. The van der Waals surface area contributed by atoms with Gasteiger partial charge >= 0.3 is 0 Å². The van der Waals surface area contributed by atoms with Crippen LogP contribution in [0.4, 0.5) is 5.69 Å². The molecule has 1 aromatic heterocycles. The molecule has 3 rings (SSSR count). The summed E-state index contributed by atoms with van der Waals surface area (Å²) in [7, 11) is 0. The second-order valence-corrected chi connectivity index (χ2v) is 8.05. The number of benzene rings is 1. The quantitative estimate of drug-likeness (QED) is 0.773. The first kappa shape index (κ1) is 18.0. The molecule has 1 unspecified atom stereocenters. The van der Waals surface area contributed by atoms with Gasteiger partial charge in [-0.1, -0.05) is 49.2 Å². The molecule has 1 fully saturated rings. The molecule has 0 bridgehead atoms. The van der Waals surface area contributed by atoms with Gasteiger partial charge in [-0.25, -0.2) is 0 Å². The van der Waals surface area contributed by atoms with E-state index in [0.717, 1.165) is 35.5 Å². The molecule has 1 aromatic carbocycles. The summed E-state index contributed by atoms with van der Waals surface area (Å²) in [6.45, 7) is 5.85. The number of carbonyl (C=O) groups excluding carboxylic acids is 1. The van der Waals surface area contributed by atoms with Crippen LogP contribution >= 0.6 is 11.8 Å². The highest BCUT2D eigenvalue weighted by molar-refractivity contribution is 8.00. The molecular weight excluding hydrogens is 334 g/mol. The largest absolute Gasteiger partial charge is 0.416 e. The van der Waals surface area contributed by atoms with Crippen LogP contribution in [-0.4, -0.2) is 21.4 Å². The van der Waals surface area contributed by atoms with E-state index in [-0.39, 0.29) is 11.2 Å². The van der Waals surface area contributed by atoms with E-state index >= 15 is 0 Å². The highest BCUT2D eigenvalue weighted by Gasteiger charge is 2.24. The summed E-state index contributed by atoms with van der Waals surface area (Å²) in [6.07, 6.45) is 5.99. The Morgan fingerprint density at radius 3 is 2.56 bits per heavy atom. The number of anilines is 1. The first-order valence-corrected chi connectivity index (χ1v) is 9.79. The van der Waals surface area contributed by atoms with Gasteiger partial charge in [0.1, 0.15) is 0 Å². The van der Waals surface area contributed by atoms with E-state index in [2.05, 4.69) is 15.5 Å². The van der Waals surface area contributed by atoms with E-state index in [1.165, 1.54) is 31.0 Å². The number of para-hydroxylation sites is 1. The van der Waals surface area contributed by atoms with Crippen LogP contribution < -0.4 is 5.32 Å². The Balaban J connectivity index is 1.61. The maximum absolute atomic E-state index is 12.5. The summed E-state index contributed by atoms with van der Waals surface area (Å²) >= 11 is 1.32. The number of hydrogen-bond donors (Lipinski definition) is 1. The van der Waals surface area contributed by atoms with Crippen molar-refractivity contribution >= 4 is 23.4 Å². The van der Waals surface area contributed by atoms with Crippen LogP contribution in [0, 0.1) is 13.8 Å². The lowest BCUT2D eigenvalue weighted by Gasteiger charge is -2.17. The van der Waals surface area contributed by atoms with Crippen LogP contribution in [0.1, 0.15) is 62.0 Å².